The molecule has 80 valence electrons. The first-order valence-electron chi connectivity index (χ1n) is 4.98. The van der Waals surface area contributed by atoms with E-state index in [0.717, 1.165) is 5.56 Å². The van der Waals surface area contributed by atoms with Crippen LogP contribution in [-0.4, -0.2) is 29.3 Å². The molecule has 0 aliphatic rings. The Morgan fingerprint density at radius 3 is 2.43 bits per heavy atom. The van der Waals surface area contributed by atoms with E-state index in [-0.39, 0.29) is 6.29 Å². The molecule has 0 aliphatic heterocycles. The molecule has 0 aliphatic carbocycles. The van der Waals surface area contributed by atoms with Crippen molar-refractivity contribution >= 4 is 0 Å². The van der Waals surface area contributed by atoms with Crippen LogP contribution in [0.1, 0.15) is 19.4 Å². The number of aromatic nitrogens is 2. The number of hydrogen-bond acceptors (Lipinski definition) is 3. The van der Waals surface area contributed by atoms with E-state index < -0.39 is 0 Å². The van der Waals surface area contributed by atoms with Crippen LogP contribution in [0.2, 0.25) is 0 Å². The van der Waals surface area contributed by atoms with E-state index in [4.69, 9.17) is 9.47 Å². The van der Waals surface area contributed by atoms with Crippen molar-refractivity contribution in [2.75, 3.05) is 13.2 Å². The summed E-state index contributed by atoms with van der Waals surface area (Å²) in [5.41, 5.74) is 1.15. The molecule has 1 heterocycles. The van der Waals surface area contributed by atoms with E-state index in [1.807, 2.05) is 37.8 Å². The minimum Gasteiger partial charge on any atom is -0.351 e. The quantitative estimate of drug-likeness (QED) is 0.651. The van der Waals surface area contributed by atoms with Gasteiger partial charge in [-0.2, -0.15) is 5.10 Å². The lowest BCUT2D eigenvalue weighted by atomic mass is 10.4. The van der Waals surface area contributed by atoms with Gasteiger partial charge in [-0.3, -0.25) is 4.68 Å². The van der Waals surface area contributed by atoms with Gasteiger partial charge in [0.05, 0.1) is 12.7 Å². The summed E-state index contributed by atoms with van der Waals surface area (Å²) < 4.78 is 12.7. The molecule has 1 rings (SSSR count). The second-order valence-electron chi connectivity index (χ2n) is 3.08. The molecule has 0 radical (unpaired) electrons. The second kappa shape index (κ2) is 5.78. The summed E-state index contributed by atoms with van der Waals surface area (Å²) in [6.07, 6.45) is 3.62. The predicted octanol–water partition coefficient (Wildman–Crippen LogP) is 1.59. The first kappa shape index (κ1) is 11.2. The van der Waals surface area contributed by atoms with Crippen LogP contribution >= 0.6 is 0 Å². The van der Waals surface area contributed by atoms with Crippen LogP contribution in [0.3, 0.4) is 0 Å². The third-order valence-electron chi connectivity index (χ3n) is 1.80. The summed E-state index contributed by atoms with van der Waals surface area (Å²) in [7, 11) is 0. The third-order valence-corrected chi connectivity index (χ3v) is 1.80. The van der Waals surface area contributed by atoms with Crippen LogP contribution in [0.5, 0.6) is 0 Å². The largest absolute Gasteiger partial charge is 0.351 e. The minimum atomic E-state index is -0.190. The molecular weight excluding hydrogens is 180 g/mol. The van der Waals surface area contributed by atoms with E-state index in [9.17, 15) is 0 Å². The van der Waals surface area contributed by atoms with Crippen LogP contribution in [0.4, 0.5) is 0 Å². The molecule has 0 saturated carbocycles. The highest BCUT2D eigenvalue weighted by molar-refractivity contribution is 4.99. The molecule has 0 N–H and O–H groups in total. The minimum absolute atomic E-state index is 0.190. The Hall–Kier alpha value is -0.870. The Morgan fingerprint density at radius 2 is 2.00 bits per heavy atom. The van der Waals surface area contributed by atoms with Gasteiger partial charge < -0.3 is 9.47 Å². The molecule has 14 heavy (non-hydrogen) atoms. The fourth-order valence-electron chi connectivity index (χ4n) is 1.24. The highest BCUT2D eigenvalue weighted by Gasteiger charge is 2.08. The van der Waals surface area contributed by atoms with Gasteiger partial charge in [0.25, 0.3) is 0 Å². The first-order chi connectivity index (χ1) is 6.76. The van der Waals surface area contributed by atoms with Gasteiger partial charge in [-0.1, -0.05) is 0 Å². The zero-order valence-electron chi connectivity index (χ0n) is 9.06. The highest BCUT2D eigenvalue weighted by atomic mass is 16.7. The third kappa shape index (κ3) is 3.47. The molecular formula is C10H18N2O2. The van der Waals surface area contributed by atoms with Gasteiger partial charge in [0, 0.05) is 19.4 Å². The summed E-state index contributed by atoms with van der Waals surface area (Å²) in [6, 6.07) is 0. The van der Waals surface area contributed by atoms with Crippen LogP contribution < -0.4 is 0 Å². The normalized spacial score (nSPS) is 11.1. The van der Waals surface area contributed by atoms with Crippen molar-refractivity contribution in [2.24, 2.45) is 0 Å². The molecule has 0 amide bonds. The molecule has 0 fully saturated rings. The van der Waals surface area contributed by atoms with Gasteiger partial charge in [0.2, 0.25) is 0 Å². The Balaban J connectivity index is 2.46. The number of nitrogens with zero attached hydrogens (tertiary/aromatic N) is 2. The molecule has 4 heteroatoms. The first-order valence-corrected chi connectivity index (χ1v) is 4.98. The average molecular weight is 198 g/mol. The molecule has 4 nitrogen and oxygen atoms in total. The molecule has 0 atom stereocenters. The topological polar surface area (TPSA) is 36.3 Å². The molecule has 0 bridgehead atoms. The van der Waals surface area contributed by atoms with E-state index in [1.165, 1.54) is 0 Å². The van der Waals surface area contributed by atoms with Gasteiger partial charge in [-0.15, -0.1) is 0 Å². The lowest BCUT2D eigenvalue weighted by molar-refractivity contribution is -0.144. The summed E-state index contributed by atoms with van der Waals surface area (Å²) in [5.74, 6) is 0. The zero-order chi connectivity index (χ0) is 10.4. The molecule has 0 unspecified atom stereocenters. The van der Waals surface area contributed by atoms with E-state index in [2.05, 4.69) is 5.10 Å². The number of aryl methyl sites for hydroxylation is 1. The standard InChI is InChI=1S/C10H18N2O2/c1-4-13-10(14-5-2)8-12-7-9(3)6-11-12/h6-7,10H,4-5,8H2,1-3H3. The molecule has 0 saturated heterocycles. The molecule has 0 spiro atoms. The molecule has 1 aromatic heterocycles. The maximum atomic E-state index is 5.41. The van der Waals surface area contributed by atoms with Crippen LogP contribution in [0.15, 0.2) is 12.4 Å². The fraction of sp³-hybridized carbons (Fsp3) is 0.700. The average Bonchev–Trinajstić information content (AvgIpc) is 2.52. The van der Waals surface area contributed by atoms with Crippen molar-refractivity contribution in [3.63, 3.8) is 0 Å². The summed E-state index contributed by atoms with van der Waals surface area (Å²) >= 11 is 0. The van der Waals surface area contributed by atoms with Crippen LogP contribution in [-0.2, 0) is 16.0 Å². The summed E-state index contributed by atoms with van der Waals surface area (Å²) in [6.45, 7) is 7.89. The Kier molecular flexibility index (Phi) is 4.62. The number of hydrogen-bond donors (Lipinski definition) is 0. The van der Waals surface area contributed by atoms with Gasteiger partial charge in [0.15, 0.2) is 6.29 Å². The maximum absolute atomic E-state index is 5.41. The number of ether oxygens (including phenoxy) is 2. The van der Waals surface area contributed by atoms with Crippen molar-refractivity contribution in [3.05, 3.63) is 18.0 Å². The SMILES string of the molecule is CCOC(Cn1cc(C)cn1)OCC. The second-order valence-corrected chi connectivity index (χ2v) is 3.08. The predicted molar refractivity (Wildman–Crippen MR) is 54.0 cm³/mol. The van der Waals surface area contributed by atoms with Crippen molar-refractivity contribution in [3.8, 4) is 0 Å². The van der Waals surface area contributed by atoms with Gasteiger partial charge in [-0.05, 0) is 26.3 Å². The van der Waals surface area contributed by atoms with Crippen molar-refractivity contribution in [1.29, 1.82) is 0 Å². The van der Waals surface area contributed by atoms with E-state index in [1.54, 1.807) is 0 Å². The van der Waals surface area contributed by atoms with E-state index >= 15 is 0 Å². The smallest absolute Gasteiger partial charge is 0.176 e. The van der Waals surface area contributed by atoms with Crippen LogP contribution in [0, 0.1) is 6.92 Å². The van der Waals surface area contributed by atoms with Crippen molar-refractivity contribution < 1.29 is 9.47 Å². The monoisotopic (exact) mass is 198 g/mol. The molecule has 1 aromatic rings. The van der Waals surface area contributed by atoms with Crippen molar-refractivity contribution in [2.45, 2.75) is 33.6 Å². The van der Waals surface area contributed by atoms with Gasteiger partial charge >= 0.3 is 0 Å². The van der Waals surface area contributed by atoms with Crippen LogP contribution in [0.25, 0.3) is 0 Å². The Morgan fingerprint density at radius 1 is 1.36 bits per heavy atom. The van der Waals surface area contributed by atoms with Gasteiger partial charge in [0.1, 0.15) is 0 Å². The zero-order valence-corrected chi connectivity index (χ0v) is 9.06. The maximum Gasteiger partial charge on any atom is 0.176 e. The summed E-state index contributed by atoms with van der Waals surface area (Å²) in [5, 5.41) is 4.18. The van der Waals surface area contributed by atoms with E-state index in [0.29, 0.717) is 19.8 Å². The molecule has 0 aromatic carbocycles. The lowest BCUT2D eigenvalue weighted by Crippen LogP contribution is -2.23. The highest BCUT2D eigenvalue weighted by Crippen LogP contribution is 2.01. The van der Waals surface area contributed by atoms with Gasteiger partial charge in [-0.25, -0.2) is 0 Å². The lowest BCUT2D eigenvalue weighted by Gasteiger charge is -2.16. The summed E-state index contributed by atoms with van der Waals surface area (Å²) in [4.78, 5) is 0. The van der Waals surface area contributed by atoms with Crippen molar-refractivity contribution in [1.82, 2.24) is 9.78 Å². The Labute approximate surface area is 84.8 Å². The number of rotatable bonds is 6. The Bertz CT molecular complexity index is 254. The fourth-order valence-corrected chi connectivity index (χ4v) is 1.24.